The van der Waals surface area contributed by atoms with E-state index in [1.807, 2.05) is 0 Å². The van der Waals surface area contributed by atoms with Crippen LogP contribution in [0.5, 0.6) is 0 Å². The molecule has 0 fully saturated rings. The second-order valence-electron chi connectivity index (χ2n) is 4.01. The highest BCUT2D eigenvalue weighted by atomic mass is 79.9. The summed E-state index contributed by atoms with van der Waals surface area (Å²) in [6, 6.07) is 4.53. The summed E-state index contributed by atoms with van der Waals surface area (Å²) >= 11 is 3.25. The number of carboxylic acid groups (broad SMARTS) is 1. The van der Waals surface area contributed by atoms with Crippen molar-refractivity contribution in [3.05, 3.63) is 28.2 Å². The number of unbranched alkanes of at least 4 members (excludes halogenated alkanes) is 2. The average molecular weight is 314 g/mol. The van der Waals surface area contributed by atoms with Gasteiger partial charge in [0.1, 0.15) is 0 Å². The first kappa shape index (κ1) is 14.7. The molecule has 1 rings (SSSR count). The van der Waals surface area contributed by atoms with Crippen LogP contribution in [0.25, 0.3) is 0 Å². The second kappa shape index (κ2) is 7.16. The van der Waals surface area contributed by atoms with Crippen molar-refractivity contribution in [2.24, 2.45) is 0 Å². The average Bonchev–Trinajstić information content (AvgIpc) is 2.32. The maximum atomic E-state index is 11.6. The van der Waals surface area contributed by atoms with E-state index < -0.39 is 5.97 Å². The number of carbonyl (C=O) groups excluding carboxylic acids is 1. The molecule has 1 amide bonds. The lowest BCUT2D eigenvalue weighted by Crippen LogP contribution is -2.11. The van der Waals surface area contributed by atoms with Gasteiger partial charge in [0, 0.05) is 10.9 Å². The van der Waals surface area contributed by atoms with Gasteiger partial charge in [-0.3, -0.25) is 4.79 Å². The van der Waals surface area contributed by atoms with Gasteiger partial charge in [-0.1, -0.05) is 19.8 Å². The molecule has 0 saturated heterocycles. The fourth-order valence-electron chi connectivity index (χ4n) is 1.50. The monoisotopic (exact) mass is 313 g/mol. The van der Waals surface area contributed by atoms with Gasteiger partial charge in [-0.05, 0) is 40.5 Å². The zero-order chi connectivity index (χ0) is 13.5. The molecule has 98 valence electrons. The van der Waals surface area contributed by atoms with Gasteiger partial charge in [0.25, 0.3) is 0 Å². The molecular weight excluding hydrogens is 298 g/mol. The van der Waals surface area contributed by atoms with E-state index in [0.717, 1.165) is 19.3 Å². The van der Waals surface area contributed by atoms with Crippen LogP contribution < -0.4 is 5.32 Å². The predicted octanol–water partition coefficient (Wildman–Crippen LogP) is 3.67. The largest absolute Gasteiger partial charge is 0.478 e. The van der Waals surface area contributed by atoms with E-state index >= 15 is 0 Å². The van der Waals surface area contributed by atoms with Gasteiger partial charge in [-0.2, -0.15) is 0 Å². The van der Waals surface area contributed by atoms with Gasteiger partial charge in [0.2, 0.25) is 5.91 Å². The Hall–Kier alpha value is -1.36. The zero-order valence-corrected chi connectivity index (χ0v) is 11.8. The van der Waals surface area contributed by atoms with Crippen LogP contribution in [-0.4, -0.2) is 17.0 Å². The molecule has 0 heterocycles. The Kier molecular flexibility index (Phi) is 5.85. The minimum absolute atomic E-state index is 0.0489. The number of hydrogen-bond donors (Lipinski definition) is 2. The van der Waals surface area contributed by atoms with Crippen LogP contribution >= 0.6 is 15.9 Å². The number of hydrogen-bond acceptors (Lipinski definition) is 2. The SMILES string of the molecule is CCCCCC(=O)Nc1ccc(C(=O)O)cc1Br. The third kappa shape index (κ3) is 4.49. The Balaban J connectivity index is 2.62. The molecule has 0 aliphatic rings. The summed E-state index contributed by atoms with van der Waals surface area (Å²) in [4.78, 5) is 22.4. The molecule has 5 heteroatoms. The molecule has 1 aromatic carbocycles. The van der Waals surface area contributed by atoms with Crippen LogP contribution in [0.1, 0.15) is 43.0 Å². The van der Waals surface area contributed by atoms with Crippen molar-refractivity contribution in [3.63, 3.8) is 0 Å². The number of anilines is 1. The van der Waals surface area contributed by atoms with E-state index in [0.29, 0.717) is 16.6 Å². The summed E-state index contributed by atoms with van der Waals surface area (Å²) in [6.45, 7) is 2.08. The summed E-state index contributed by atoms with van der Waals surface area (Å²) in [5.41, 5.74) is 0.785. The van der Waals surface area contributed by atoms with Crippen molar-refractivity contribution < 1.29 is 14.7 Å². The van der Waals surface area contributed by atoms with Crippen molar-refractivity contribution >= 4 is 33.5 Å². The Morgan fingerprint density at radius 1 is 1.33 bits per heavy atom. The number of carbonyl (C=O) groups is 2. The van der Waals surface area contributed by atoms with Gasteiger partial charge in [-0.15, -0.1) is 0 Å². The van der Waals surface area contributed by atoms with E-state index in [-0.39, 0.29) is 11.5 Å². The van der Waals surface area contributed by atoms with Crippen LogP contribution in [0.3, 0.4) is 0 Å². The van der Waals surface area contributed by atoms with Crippen molar-refractivity contribution in [1.29, 1.82) is 0 Å². The third-order valence-electron chi connectivity index (χ3n) is 2.50. The number of benzene rings is 1. The summed E-state index contributed by atoms with van der Waals surface area (Å²) < 4.78 is 0.575. The van der Waals surface area contributed by atoms with E-state index in [1.165, 1.54) is 12.1 Å². The molecular formula is C13H16BrNO3. The lowest BCUT2D eigenvalue weighted by molar-refractivity contribution is -0.116. The van der Waals surface area contributed by atoms with Crippen LogP contribution in [-0.2, 0) is 4.79 Å². The quantitative estimate of drug-likeness (QED) is 0.787. The first-order valence-electron chi connectivity index (χ1n) is 5.87. The summed E-state index contributed by atoms with van der Waals surface area (Å²) in [5, 5.41) is 11.6. The standard InChI is InChI=1S/C13H16BrNO3/c1-2-3-4-5-12(16)15-11-7-6-9(13(17)18)8-10(11)14/h6-8H,2-5H2,1H3,(H,15,16)(H,17,18). The summed E-state index contributed by atoms with van der Waals surface area (Å²) in [5.74, 6) is -1.04. The zero-order valence-electron chi connectivity index (χ0n) is 10.2. The summed E-state index contributed by atoms with van der Waals surface area (Å²) in [7, 11) is 0. The molecule has 0 bridgehead atoms. The van der Waals surface area contributed by atoms with Crippen molar-refractivity contribution in [2.75, 3.05) is 5.32 Å². The van der Waals surface area contributed by atoms with Gasteiger partial charge < -0.3 is 10.4 Å². The van der Waals surface area contributed by atoms with Gasteiger partial charge >= 0.3 is 5.97 Å². The van der Waals surface area contributed by atoms with Crippen LogP contribution in [0, 0.1) is 0 Å². The predicted molar refractivity (Wildman–Crippen MR) is 73.9 cm³/mol. The molecule has 1 aromatic rings. The molecule has 0 aliphatic carbocycles. The van der Waals surface area contributed by atoms with Gasteiger partial charge in [-0.25, -0.2) is 4.79 Å². The topological polar surface area (TPSA) is 66.4 Å². The van der Waals surface area contributed by atoms with Crippen LogP contribution in [0.15, 0.2) is 22.7 Å². The van der Waals surface area contributed by atoms with E-state index in [9.17, 15) is 9.59 Å². The Morgan fingerprint density at radius 2 is 2.06 bits per heavy atom. The maximum Gasteiger partial charge on any atom is 0.335 e. The molecule has 0 unspecified atom stereocenters. The maximum absolute atomic E-state index is 11.6. The number of carboxylic acids is 1. The minimum atomic E-state index is -0.989. The molecule has 0 aliphatic heterocycles. The second-order valence-corrected chi connectivity index (χ2v) is 4.86. The fraction of sp³-hybridized carbons (Fsp3) is 0.385. The molecule has 0 atom stereocenters. The minimum Gasteiger partial charge on any atom is -0.478 e. The number of nitrogens with one attached hydrogen (secondary N) is 1. The van der Waals surface area contributed by atoms with Crippen molar-refractivity contribution in [3.8, 4) is 0 Å². The summed E-state index contributed by atoms with van der Waals surface area (Å²) in [6.07, 6.45) is 3.46. The molecule has 18 heavy (non-hydrogen) atoms. The number of amides is 1. The van der Waals surface area contributed by atoms with E-state index in [1.54, 1.807) is 6.07 Å². The highest BCUT2D eigenvalue weighted by Gasteiger charge is 2.09. The normalized spacial score (nSPS) is 10.1. The first-order chi connectivity index (χ1) is 8.54. The van der Waals surface area contributed by atoms with Gasteiger partial charge in [0.15, 0.2) is 0 Å². The Bertz CT molecular complexity index is 446. The van der Waals surface area contributed by atoms with E-state index in [2.05, 4.69) is 28.2 Å². The lowest BCUT2D eigenvalue weighted by Gasteiger charge is -2.08. The van der Waals surface area contributed by atoms with Crippen molar-refractivity contribution in [1.82, 2.24) is 0 Å². The first-order valence-corrected chi connectivity index (χ1v) is 6.66. The number of aromatic carboxylic acids is 1. The molecule has 2 N–H and O–H groups in total. The molecule has 0 saturated carbocycles. The van der Waals surface area contributed by atoms with Crippen LogP contribution in [0.4, 0.5) is 5.69 Å². The smallest absolute Gasteiger partial charge is 0.335 e. The molecule has 0 spiro atoms. The lowest BCUT2D eigenvalue weighted by atomic mass is 10.2. The van der Waals surface area contributed by atoms with Crippen LogP contribution in [0.2, 0.25) is 0 Å². The Labute approximate surface area is 115 Å². The third-order valence-corrected chi connectivity index (χ3v) is 3.15. The molecule has 4 nitrogen and oxygen atoms in total. The molecule has 0 radical (unpaired) electrons. The van der Waals surface area contributed by atoms with Crippen molar-refractivity contribution in [2.45, 2.75) is 32.6 Å². The number of halogens is 1. The molecule has 0 aromatic heterocycles. The highest BCUT2D eigenvalue weighted by Crippen LogP contribution is 2.24. The highest BCUT2D eigenvalue weighted by molar-refractivity contribution is 9.10. The van der Waals surface area contributed by atoms with Gasteiger partial charge in [0.05, 0.1) is 11.3 Å². The number of rotatable bonds is 6. The Morgan fingerprint density at radius 3 is 2.61 bits per heavy atom. The fourth-order valence-corrected chi connectivity index (χ4v) is 1.98. The van der Waals surface area contributed by atoms with E-state index in [4.69, 9.17) is 5.11 Å².